The number of carboxylic acid groups (broad SMARTS) is 1. The van der Waals surface area contributed by atoms with E-state index in [2.05, 4.69) is 10.4 Å². The maximum atomic E-state index is 13.6. The van der Waals surface area contributed by atoms with Gasteiger partial charge in [0.1, 0.15) is 0 Å². The average Bonchev–Trinajstić information content (AvgIpc) is 3.05. The quantitative estimate of drug-likeness (QED) is 0.550. The summed E-state index contributed by atoms with van der Waals surface area (Å²) in [6.07, 6.45) is -5.37. The van der Waals surface area contributed by atoms with Crippen molar-refractivity contribution in [1.29, 1.82) is 0 Å². The number of hydrogen-bond donors (Lipinski definition) is 2. The van der Waals surface area contributed by atoms with Gasteiger partial charge in [-0.2, -0.15) is 18.3 Å². The van der Waals surface area contributed by atoms with Gasteiger partial charge in [-0.3, -0.25) is 10.00 Å². The van der Waals surface area contributed by atoms with E-state index in [1.807, 2.05) is 0 Å². The zero-order valence-corrected chi connectivity index (χ0v) is 15.6. The average molecular weight is 412 g/mol. The molecule has 2 aromatic carbocycles. The summed E-state index contributed by atoms with van der Waals surface area (Å²) in [6, 6.07) is 10.9. The molecule has 2 N–H and O–H groups in total. The number of anilines is 1. The van der Waals surface area contributed by atoms with Gasteiger partial charge in [0.15, 0.2) is 0 Å². The van der Waals surface area contributed by atoms with Crippen molar-refractivity contribution in [2.45, 2.75) is 31.5 Å². The predicted molar refractivity (Wildman–Crippen MR) is 101 cm³/mol. The van der Waals surface area contributed by atoms with E-state index in [1.165, 1.54) is 16.9 Å². The molecule has 1 atom stereocenters. The van der Waals surface area contributed by atoms with Gasteiger partial charge in [0, 0.05) is 10.4 Å². The van der Waals surface area contributed by atoms with Crippen LogP contribution < -0.4 is 5.32 Å². The van der Waals surface area contributed by atoms with Crippen LogP contribution in [0.1, 0.15) is 25.3 Å². The Morgan fingerprint density at radius 1 is 1.21 bits per heavy atom. The highest BCUT2D eigenvalue weighted by Gasteiger charge is 2.45. The van der Waals surface area contributed by atoms with Gasteiger partial charge >= 0.3 is 12.3 Å². The Morgan fingerprint density at radius 3 is 2.46 bits per heavy atom. The van der Waals surface area contributed by atoms with Gasteiger partial charge in [0.05, 0.1) is 29.4 Å². The molecule has 0 aliphatic heterocycles. The zero-order chi connectivity index (χ0) is 20.5. The fourth-order valence-corrected chi connectivity index (χ4v) is 3.61. The molecule has 0 radical (unpaired) electrons. The van der Waals surface area contributed by atoms with E-state index in [0.29, 0.717) is 21.5 Å². The summed E-state index contributed by atoms with van der Waals surface area (Å²) in [4.78, 5) is 11.0. The van der Waals surface area contributed by atoms with E-state index >= 15 is 0 Å². The van der Waals surface area contributed by atoms with Crippen LogP contribution in [-0.4, -0.2) is 27.2 Å². The first-order valence-corrected chi connectivity index (χ1v) is 8.84. The summed E-state index contributed by atoms with van der Waals surface area (Å²) in [5, 5.41) is 16.3. The Kier molecular flexibility index (Phi) is 5.25. The molecule has 1 amide bonds. The minimum Gasteiger partial charge on any atom is -0.465 e. The Morgan fingerprint density at radius 2 is 1.89 bits per heavy atom. The van der Waals surface area contributed by atoms with Gasteiger partial charge in [-0.25, -0.2) is 4.79 Å². The highest BCUT2D eigenvalue weighted by molar-refractivity contribution is 6.30. The lowest BCUT2D eigenvalue weighted by molar-refractivity contribution is -0.152. The largest absolute Gasteiger partial charge is 0.465 e. The topological polar surface area (TPSA) is 67.2 Å². The highest BCUT2D eigenvalue weighted by Crippen LogP contribution is 2.42. The summed E-state index contributed by atoms with van der Waals surface area (Å²) in [6.45, 7) is 1.66. The smallest absolute Gasteiger partial charge is 0.409 e. The molecule has 9 heteroatoms. The van der Waals surface area contributed by atoms with Crippen molar-refractivity contribution in [3.8, 4) is 0 Å². The zero-order valence-electron chi connectivity index (χ0n) is 14.8. The number of benzene rings is 2. The Bertz CT molecular complexity index is 1000. The molecule has 0 spiro atoms. The number of nitrogens with one attached hydrogen (secondary N) is 1. The number of amides is 1. The minimum absolute atomic E-state index is 0.113. The molecule has 0 aliphatic rings. The summed E-state index contributed by atoms with van der Waals surface area (Å²) in [7, 11) is 0. The number of nitrogens with zero attached hydrogens (tertiary/aromatic N) is 2. The molecule has 3 rings (SSSR count). The number of carbonyl (C=O) groups is 1. The number of hydrogen-bond acceptors (Lipinski definition) is 2. The number of halogens is 4. The van der Waals surface area contributed by atoms with Gasteiger partial charge in [-0.15, -0.1) is 0 Å². The van der Waals surface area contributed by atoms with Crippen molar-refractivity contribution in [2.24, 2.45) is 0 Å². The minimum atomic E-state index is -4.45. The lowest BCUT2D eigenvalue weighted by Crippen LogP contribution is -2.39. The Hall–Kier alpha value is -2.74. The van der Waals surface area contributed by atoms with Crippen molar-refractivity contribution in [2.75, 3.05) is 5.32 Å². The van der Waals surface area contributed by atoms with E-state index in [9.17, 15) is 18.0 Å². The standard InChI is InChI=1S/C19H17ClF3N3O2/c1-2-18(11-19(21,22)23,12-6-8-13(20)9-7-12)26-16-5-3-4-15(25-17(27)28)14(16)10-24-26/h3-10,25H,2,11H2,1H3,(H,27,28). The summed E-state index contributed by atoms with van der Waals surface area (Å²) >= 11 is 5.92. The first-order valence-electron chi connectivity index (χ1n) is 8.46. The van der Waals surface area contributed by atoms with Crippen LogP contribution >= 0.6 is 11.6 Å². The molecule has 3 aromatic rings. The van der Waals surface area contributed by atoms with Crippen LogP contribution in [0.15, 0.2) is 48.7 Å². The second kappa shape index (κ2) is 7.35. The maximum Gasteiger partial charge on any atom is 0.409 e. The normalized spacial score (nSPS) is 14.0. The Balaban J connectivity index is 2.26. The molecule has 0 saturated carbocycles. The molecular weight excluding hydrogens is 395 g/mol. The Labute approximate surface area is 163 Å². The van der Waals surface area contributed by atoms with Gasteiger partial charge in [-0.1, -0.05) is 36.7 Å². The first-order chi connectivity index (χ1) is 13.2. The third kappa shape index (κ3) is 3.77. The number of aromatic nitrogens is 2. The van der Waals surface area contributed by atoms with Gasteiger partial charge in [0.25, 0.3) is 0 Å². The van der Waals surface area contributed by atoms with Gasteiger partial charge in [0.2, 0.25) is 0 Å². The van der Waals surface area contributed by atoms with Crippen molar-refractivity contribution >= 4 is 34.3 Å². The van der Waals surface area contributed by atoms with Crippen LogP contribution in [0.2, 0.25) is 5.02 Å². The summed E-state index contributed by atoms with van der Waals surface area (Å²) < 4.78 is 42.1. The molecule has 1 unspecified atom stereocenters. The molecule has 0 bridgehead atoms. The first kappa shape index (κ1) is 20.0. The third-order valence-electron chi connectivity index (χ3n) is 4.72. The molecule has 148 valence electrons. The fourth-order valence-electron chi connectivity index (χ4n) is 3.49. The second-order valence-electron chi connectivity index (χ2n) is 6.41. The lowest BCUT2D eigenvalue weighted by Gasteiger charge is -2.35. The van der Waals surface area contributed by atoms with Crippen LogP contribution in [0.3, 0.4) is 0 Å². The molecule has 0 aliphatic carbocycles. The monoisotopic (exact) mass is 411 g/mol. The number of alkyl halides is 3. The molecular formula is C19H17ClF3N3O2. The van der Waals surface area contributed by atoms with E-state index in [4.69, 9.17) is 16.7 Å². The number of fused-ring (bicyclic) bond motifs is 1. The lowest BCUT2D eigenvalue weighted by atomic mass is 9.83. The molecule has 1 aromatic heterocycles. The van der Waals surface area contributed by atoms with Crippen LogP contribution in [-0.2, 0) is 5.54 Å². The fraction of sp³-hybridized carbons (Fsp3) is 0.263. The van der Waals surface area contributed by atoms with Crippen LogP contribution in [0, 0.1) is 0 Å². The van der Waals surface area contributed by atoms with E-state index in [0.717, 1.165) is 0 Å². The number of rotatable bonds is 5. The second-order valence-corrected chi connectivity index (χ2v) is 6.85. The SMILES string of the molecule is CCC(CC(F)(F)F)(c1ccc(Cl)cc1)n1ncc2c(NC(=O)O)cccc21. The summed E-state index contributed by atoms with van der Waals surface area (Å²) in [5.74, 6) is 0. The molecule has 0 fully saturated rings. The van der Waals surface area contributed by atoms with Crippen molar-refractivity contribution in [3.05, 3.63) is 59.2 Å². The van der Waals surface area contributed by atoms with Crippen LogP contribution in [0.4, 0.5) is 23.7 Å². The third-order valence-corrected chi connectivity index (χ3v) is 4.97. The van der Waals surface area contributed by atoms with Crippen molar-refractivity contribution < 1.29 is 23.1 Å². The molecule has 0 saturated heterocycles. The van der Waals surface area contributed by atoms with Crippen molar-refractivity contribution in [1.82, 2.24) is 9.78 Å². The predicted octanol–water partition coefficient (Wildman–Crippen LogP) is 5.89. The molecule has 1 heterocycles. The molecule has 5 nitrogen and oxygen atoms in total. The molecule has 28 heavy (non-hydrogen) atoms. The van der Waals surface area contributed by atoms with Crippen LogP contribution in [0.5, 0.6) is 0 Å². The van der Waals surface area contributed by atoms with Crippen molar-refractivity contribution in [3.63, 3.8) is 0 Å². The maximum absolute atomic E-state index is 13.6. The van der Waals surface area contributed by atoms with E-state index in [1.54, 1.807) is 43.3 Å². The van der Waals surface area contributed by atoms with Gasteiger partial charge in [-0.05, 0) is 36.2 Å². The van der Waals surface area contributed by atoms with Gasteiger partial charge < -0.3 is 5.11 Å². The summed E-state index contributed by atoms with van der Waals surface area (Å²) in [5.41, 5.74) is -0.443. The highest BCUT2D eigenvalue weighted by atomic mass is 35.5. The van der Waals surface area contributed by atoms with E-state index < -0.39 is 24.2 Å². The van der Waals surface area contributed by atoms with E-state index in [-0.39, 0.29) is 12.1 Å². The van der Waals surface area contributed by atoms with Crippen LogP contribution in [0.25, 0.3) is 10.9 Å².